The fourth-order valence-corrected chi connectivity index (χ4v) is 2.77. The molecular weight excluding hydrogens is 290 g/mol. The van der Waals surface area contributed by atoms with Crippen LogP contribution in [0.2, 0.25) is 0 Å². The van der Waals surface area contributed by atoms with Gasteiger partial charge in [0.05, 0.1) is 13.1 Å². The van der Waals surface area contributed by atoms with Crippen molar-refractivity contribution in [2.24, 2.45) is 0 Å². The van der Waals surface area contributed by atoms with Crippen LogP contribution in [0.1, 0.15) is 11.1 Å². The number of hydrogen-bond acceptors (Lipinski definition) is 4. The minimum Gasteiger partial charge on any atom is -0.351 e. The number of carbonyl (C=O) groups is 1. The number of aromatic nitrogens is 2. The van der Waals surface area contributed by atoms with Crippen LogP contribution < -0.4 is 10.6 Å². The number of nitrogens with one attached hydrogen (secondary N) is 2. The highest BCUT2D eigenvalue weighted by Gasteiger charge is 2.13. The lowest BCUT2D eigenvalue weighted by molar-refractivity contribution is -0.122. The smallest absolute Gasteiger partial charge is 0.234 e. The Bertz CT molecular complexity index is 620. The van der Waals surface area contributed by atoms with Gasteiger partial charge in [-0.25, -0.2) is 0 Å². The van der Waals surface area contributed by atoms with Crippen LogP contribution in [0.3, 0.4) is 0 Å². The fraction of sp³-hybridized carbons (Fsp3) is 0.412. The number of hydrogen-bond donors (Lipinski definition) is 2. The maximum atomic E-state index is 12.1. The molecule has 1 fully saturated rings. The van der Waals surface area contributed by atoms with Gasteiger partial charge >= 0.3 is 0 Å². The SMILES string of the molecule is O=C(CN1CCNCC1)NCc1ccccc1Cn1cccn1. The summed E-state index contributed by atoms with van der Waals surface area (Å²) in [6.45, 7) is 5.54. The van der Waals surface area contributed by atoms with E-state index >= 15 is 0 Å². The summed E-state index contributed by atoms with van der Waals surface area (Å²) >= 11 is 0. The predicted octanol–water partition coefficient (Wildman–Crippen LogP) is 0.453. The summed E-state index contributed by atoms with van der Waals surface area (Å²) in [5.41, 5.74) is 2.32. The molecule has 0 atom stereocenters. The van der Waals surface area contributed by atoms with Gasteiger partial charge in [0, 0.05) is 45.1 Å². The van der Waals surface area contributed by atoms with Gasteiger partial charge in [-0.15, -0.1) is 0 Å². The predicted molar refractivity (Wildman–Crippen MR) is 88.9 cm³/mol. The average molecular weight is 313 g/mol. The van der Waals surface area contributed by atoms with Gasteiger partial charge in [0.25, 0.3) is 0 Å². The Hall–Kier alpha value is -2.18. The normalized spacial score (nSPS) is 15.5. The molecule has 2 aromatic rings. The van der Waals surface area contributed by atoms with Crippen LogP contribution in [-0.2, 0) is 17.9 Å². The van der Waals surface area contributed by atoms with Crippen LogP contribution in [0, 0.1) is 0 Å². The molecule has 6 nitrogen and oxygen atoms in total. The van der Waals surface area contributed by atoms with E-state index in [0.29, 0.717) is 13.1 Å². The van der Waals surface area contributed by atoms with Gasteiger partial charge in [0.2, 0.25) is 5.91 Å². The Kier molecular flexibility index (Phi) is 5.39. The zero-order valence-corrected chi connectivity index (χ0v) is 13.2. The second kappa shape index (κ2) is 7.89. The van der Waals surface area contributed by atoms with Gasteiger partial charge in [-0.1, -0.05) is 24.3 Å². The van der Waals surface area contributed by atoms with Crippen LogP contribution in [0.5, 0.6) is 0 Å². The minimum atomic E-state index is 0.0841. The van der Waals surface area contributed by atoms with Crippen molar-refractivity contribution in [1.82, 2.24) is 25.3 Å². The second-order valence-corrected chi connectivity index (χ2v) is 5.78. The minimum absolute atomic E-state index is 0.0841. The number of nitrogens with zero attached hydrogens (tertiary/aromatic N) is 3. The van der Waals surface area contributed by atoms with E-state index in [1.807, 2.05) is 29.1 Å². The van der Waals surface area contributed by atoms with E-state index in [-0.39, 0.29) is 5.91 Å². The van der Waals surface area contributed by atoms with E-state index < -0.39 is 0 Å². The van der Waals surface area contributed by atoms with Crippen molar-refractivity contribution >= 4 is 5.91 Å². The summed E-state index contributed by atoms with van der Waals surface area (Å²) in [5.74, 6) is 0.0841. The molecule has 0 aliphatic carbocycles. The van der Waals surface area contributed by atoms with Crippen LogP contribution >= 0.6 is 0 Å². The fourth-order valence-electron chi connectivity index (χ4n) is 2.77. The number of benzene rings is 1. The monoisotopic (exact) mass is 313 g/mol. The molecular formula is C17H23N5O. The summed E-state index contributed by atoms with van der Waals surface area (Å²) in [7, 11) is 0. The van der Waals surface area contributed by atoms with Crippen molar-refractivity contribution < 1.29 is 4.79 Å². The molecule has 1 aliphatic rings. The van der Waals surface area contributed by atoms with Gasteiger partial charge in [0.15, 0.2) is 0 Å². The lowest BCUT2D eigenvalue weighted by Crippen LogP contribution is -2.47. The number of piperazine rings is 1. The summed E-state index contributed by atoms with van der Waals surface area (Å²) in [6.07, 6.45) is 3.72. The Morgan fingerprint density at radius 3 is 2.70 bits per heavy atom. The number of carbonyl (C=O) groups excluding carboxylic acids is 1. The third-order valence-corrected chi connectivity index (χ3v) is 4.06. The maximum Gasteiger partial charge on any atom is 0.234 e. The molecule has 2 heterocycles. The van der Waals surface area contributed by atoms with Crippen LogP contribution in [0.4, 0.5) is 0 Å². The molecule has 1 aromatic carbocycles. The molecule has 1 saturated heterocycles. The molecule has 2 N–H and O–H groups in total. The van der Waals surface area contributed by atoms with Gasteiger partial charge in [-0.05, 0) is 17.2 Å². The Morgan fingerprint density at radius 2 is 1.96 bits per heavy atom. The first kappa shape index (κ1) is 15.7. The van der Waals surface area contributed by atoms with Crippen molar-refractivity contribution in [3.8, 4) is 0 Å². The maximum absolute atomic E-state index is 12.1. The van der Waals surface area contributed by atoms with Gasteiger partial charge < -0.3 is 10.6 Å². The Balaban J connectivity index is 1.54. The van der Waals surface area contributed by atoms with Crippen LogP contribution in [-0.4, -0.2) is 53.3 Å². The first-order valence-electron chi connectivity index (χ1n) is 8.05. The molecule has 0 radical (unpaired) electrons. The molecule has 0 saturated carbocycles. The Labute approximate surface area is 136 Å². The lowest BCUT2D eigenvalue weighted by Gasteiger charge is -2.26. The molecule has 122 valence electrons. The third-order valence-electron chi connectivity index (χ3n) is 4.06. The average Bonchev–Trinajstić information content (AvgIpc) is 3.08. The van der Waals surface area contributed by atoms with E-state index in [2.05, 4.69) is 32.8 Å². The molecule has 1 amide bonds. The quantitative estimate of drug-likeness (QED) is 0.813. The van der Waals surface area contributed by atoms with E-state index in [1.54, 1.807) is 6.20 Å². The van der Waals surface area contributed by atoms with Gasteiger partial charge in [0.1, 0.15) is 0 Å². The van der Waals surface area contributed by atoms with Crippen molar-refractivity contribution in [2.75, 3.05) is 32.7 Å². The Morgan fingerprint density at radius 1 is 1.17 bits per heavy atom. The van der Waals surface area contributed by atoms with Gasteiger partial charge in [-0.2, -0.15) is 5.10 Å². The molecule has 1 aromatic heterocycles. The highest BCUT2D eigenvalue weighted by molar-refractivity contribution is 5.78. The van der Waals surface area contributed by atoms with E-state index in [0.717, 1.165) is 38.3 Å². The van der Waals surface area contributed by atoms with E-state index in [1.165, 1.54) is 5.56 Å². The molecule has 0 bridgehead atoms. The molecule has 23 heavy (non-hydrogen) atoms. The highest BCUT2D eigenvalue weighted by Crippen LogP contribution is 2.10. The zero-order chi connectivity index (χ0) is 15.9. The zero-order valence-electron chi connectivity index (χ0n) is 13.2. The summed E-state index contributed by atoms with van der Waals surface area (Å²) < 4.78 is 1.89. The van der Waals surface area contributed by atoms with Crippen molar-refractivity contribution in [1.29, 1.82) is 0 Å². The number of amides is 1. The molecule has 1 aliphatic heterocycles. The number of rotatable bonds is 6. The first-order valence-corrected chi connectivity index (χ1v) is 8.05. The topological polar surface area (TPSA) is 62.2 Å². The summed E-state index contributed by atoms with van der Waals surface area (Å²) in [6, 6.07) is 10.1. The van der Waals surface area contributed by atoms with E-state index in [4.69, 9.17) is 0 Å². The van der Waals surface area contributed by atoms with Gasteiger partial charge in [-0.3, -0.25) is 14.4 Å². The highest BCUT2D eigenvalue weighted by atomic mass is 16.2. The van der Waals surface area contributed by atoms with E-state index in [9.17, 15) is 4.79 Å². The summed E-state index contributed by atoms with van der Waals surface area (Å²) in [5, 5.41) is 10.6. The lowest BCUT2D eigenvalue weighted by atomic mass is 10.1. The van der Waals surface area contributed by atoms with Crippen LogP contribution in [0.15, 0.2) is 42.7 Å². The molecule has 0 unspecified atom stereocenters. The van der Waals surface area contributed by atoms with Crippen molar-refractivity contribution in [3.05, 3.63) is 53.9 Å². The van der Waals surface area contributed by atoms with Crippen molar-refractivity contribution in [2.45, 2.75) is 13.1 Å². The van der Waals surface area contributed by atoms with Crippen LogP contribution in [0.25, 0.3) is 0 Å². The second-order valence-electron chi connectivity index (χ2n) is 5.78. The standard InChI is InChI=1S/C17H23N5O/c23-17(14-21-10-7-18-8-11-21)19-12-15-4-1-2-5-16(15)13-22-9-3-6-20-22/h1-6,9,18H,7-8,10-14H2,(H,19,23). The molecule has 3 rings (SSSR count). The van der Waals surface area contributed by atoms with Crippen molar-refractivity contribution in [3.63, 3.8) is 0 Å². The largest absolute Gasteiger partial charge is 0.351 e. The first-order chi connectivity index (χ1) is 11.3. The molecule has 0 spiro atoms. The summed E-state index contributed by atoms with van der Waals surface area (Å²) in [4.78, 5) is 14.3. The molecule has 6 heteroatoms. The third kappa shape index (κ3) is 4.64.